The van der Waals surface area contributed by atoms with Gasteiger partial charge in [-0.1, -0.05) is 0 Å². The van der Waals surface area contributed by atoms with Gasteiger partial charge in [0, 0.05) is 0 Å². The van der Waals surface area contributed by atoms with E-state index >= 15 is 0 Å². The van der Waals surface area contributed by atoms with E-state index in [-0.39, 0.29) is 0 Å². The zero-order valence-electron chi connectivity index (χ0n) is 4.18. The maximum atomic E-state index is 8.80. The zero-order valence-corrected chi connectivity index (χ0v) is 6.54. The van der Waals surface area contributed by atoms with Crippen molar-refractivity contribution in [2.45, 2.75) is 0 Å². The third-order valence-electron chi connectivity index (χ3n) is 0. The first-order valence-corrected chi connectivity index (χ1v) is 5.33. The molecule has 4 N–H and O–H groups in total. The molecule has 0 aromatic rings. The molecule has 10 heteroatoms. The van der Waals surface area contributed by atoms with E-state index in [9.17, 15) is 0 Å². The van der Waals surface area contributed by atoms with Crippen LogP contribution in [0.3, 0.4) is 0 Å². The van der Waals surface area contributed by atoms with Crippen molar-refractivity contribution in [2.24, 2.45) is 0 Å². The first-order chi connectivity index (χ1) is 4.00. The zero-order chi connectivity index (χ0) is 9.00. The van der Waals surface area contributed by atoms with E-state index in [1.54, 1.807) is 0 Å². The van der Waals surface area contributed by atoms with Crippen LogP contribution in [0.25, 0.3) is 0 Å². The third-order valence-corrected chi connectivity index (χ3v) is 0. The third kappa shape index (κ3) is 64900. The van der Waals surface area contributed by atoms with Gasteiger partial charge in [-0.25, -0.2) is 0 Å². The van der Waals surface area contributed by atoms with Gasteiger partial charge in [-0.3, -0.25) is 0 Å². The van der Waals surface area contributed by atoms with E-state index in [1.807, 2.05) is 0 Å². The summed E-state index contributed by atoms with van der Waals surface area (Å²) in [5, 5.41) is 0. The van der Waals surface area contributed by atoms with Crippen LogP contribution in [-0.2, 0) is 42.1 Å². The first kappa shape index (κ1) is 12.7. The molecule has 0 saturated carbocycles. The Morgan fingerprint density at radius 1 is 0.600 bits per heavy atom. The van der Waals surface area contributed by atoms with Gasteiger partial charge in [-0.05, 0) is 0 Å². The Morgan fingerprint density at radius 2 is 0.600 bits per heavy atom. The Balaban J connectivity index is 0. The number of hydrogen-bond acceptors (Lipinski definition) is 4. The molecule has 8 nitrogen and oxygen atoms in total. The monoisotopic (exact) mass is 242 g/mol. The number of hydrogen-bond donors (Lipinski definition) is 4. The van der Waals surface area contributed by atoms with Crippen LogP contribution in [0.5, 0.6) is 0 Å². The fourth-order valence-corrected chi connectivity index (χ4v) is 0. The summed E-state index contributed by atoms with van der Waals surface area (Å²) >= 11 is -10.2. The Labute approximate surface area is 59.3 Å². The Hall–Kier alpha value is 0.0790. The van der Waals surface area contributed by atoms with Crippen molar-refractivity contribution in [3.8, 4) is 0 Å². The standard InChI is InChI=1S/2Mn.4H2O.4O/h;;4*1H2;;;;/q2*+2;;;;;;;;/p-4. The van der Waals surface area contributed by atoms with Crippen LogP contribution in [0.1, 0.15) is 0 Å². The normalized spacial score (nSPS) is 11.6. The second kappa shape index (κ2) is 4.06. The summed E-state index contributed by atoms with van der Waals surface area (Å²) in [6.07, 6.45) is 0. The molecule has 0 aliphatic carbocycles. The molecule has 0 radical (unpaired) electrons. The summed E-state index contributed by atoms with van der Waals surface area (Å²) in [7, 11) is 0. The molecule has 0 aliphatic heterocycles. The van der Waals surface area contributed by atoms with E-state index in [4.69, 9.17) is 32.1 Å². The summed E-state index contributed by atoms with van der Waals surface area (Å²) in [5.41, 5.74) is 0. The van der Waals surface area contributed by atoms with Crippen molar-refractivity contribution in [2.75, 3.05) is 0 Å². The second-order valence-corrected chi connectivity index (χ2v) is 3.42. The van der Waals surface area contributed by atoms with Crippen LogP contribution >= 0.6 is 0 Å². The van der Waals surface area contributed by atoms with Crippen LogP contribution < -0.4 is 0 Å². The van der Waals surface area contributed by atoms with Gasteiger partial charge < -0.3 is 0 Å². The molecule has 0 rings (SSSR count). The van der Waals surface area contributed by atoms with Gasteiger partial charge in [0.25, 0.3) is 0 Å². The molecule has 0 unspecified atom stereocenters. The van der Waals surface area contributed by atoms with Crippen molar-refractivity contribution >= 4 is 0 Å². The molecular formula is H4Mn2O8. The fourth-order valence-electron chi connectivity index (χ4n) is 0. The molecule has 0 atom stereocenters. The average Bonchev–Trinajstić information content (AvgIpc) is 1.12. The molecule has 66 valence electrons. The predicted octanol–water partition coefficient (Wildman–Crippen LogP) is -2.71. The van der Waals surface area contributed by atoms with E-state index < -0.39 is 26.7 Å². The van der Waals surface area contributed by atoms with Crippen molar-refractivity contribution < 1.29 is 58.8 Å². The minimum absolute atomic E-state index is 5.12. The Bertz CT molecular complexity index is 204. The van der Waals surface area contributed by atoms with Gasteiger partial charge in [-0.15, -0.1) is 0 Å². The molecule has 0 fully saturated rings. The molecule has 0 spiro atoms. The summed E-state index contributed by atoms with van der Waals surface area (Å²) in [5.74, 6) is 0. The summed E-state index contributed by atoms with van der Waals surface area (Å²) < 4.78 is 63.6. The van der Waals surface area contributed by atoms with E-state index in [1.165, 1.54) is 0 Å². The fraction of sp³-hybridized carbons (Fsp3) is 0. The summed E-state index contributed by atoms with van der Waals surface area (Å²) in [6, 6.07) is 0. The van der Waals surface area contributed by atoms with E-state index in [0.717, 1.165) is 0 Å². The number of rotatable bonds is 0. The maximum absolute atomic E-state index is 8.80. The van der Waals surface area contributed by atoms with Gasteiger partial charge in [0.2, 0.25) is 0 Å². The van der Waals surface area contributed by atoms with Gasteiger partial charge in [0.05, 0.1) is 0 Å². The first-order valence-electron chi connectivity index (χ1n) is 1.29. The topological polar surface area (TPSA) is 149 Å². The molecule has 0 aliphatic rings. The van der Waals surface area contributed by atoms with Crippen molar-refractivity contribution in [1.82, 2.24) is 0 Å². The summed E-state index contributed by atoms with van der Waals surface area (Å²) in [4.78, 5) is 0. The van der Waals surface area contributed by atoms with E-state index in [2.05, 4.69) is 0 Å². The van der Waals surface area contributed by atoms with Crippen LogP contribution in [0, 0.1) is 0 Å². The van der Waals surface area contributed by atoms with Gasteiger partial charge in [-0.2, -0.15) is 0 Å². The van der Waals surface area contributed by atoms with Crippen LogP contribution in [0.2, 0.25) is 0 Å². The van der Waals surface area contributed by atoms with Gasteiger partial charge in [0.15, 0.2) is 0 Å². The SMILES string of the molecule is [O]=[Mn](=[O])([OH])[OH].[O]=[Mn](=[O])([OH])[OH]. The second-order valence-electron chi connectivity index (χ2n) is 0.829. The average molecular weight is 242 g/mol. The van der Waals surface area contributed by atoms with Crippen LogP contribution in [0.15, 0.2) is 0 Å². The molecular weight excluding hydrogens is 238 g/mol. The van der Waals surface area contributed by atoms with Crippen LogP contribution in [-0.4, -0.2) is 16.8 Å². The summed E-state index contributed by atoms with van der Waals surface area (Å²) in [6.45, 7) is 0. The van der Waals surface area contributed by atoms with E-state index in [0.29, 0.717) is 0 Å². The van der Waals surface area contributed by atoms with Gasteiger partial charge in [0.1, 0.15) is 0 Å². The van der Waals surface area contributed by atoms with Crippen molar-refractivity contribution in [1.29, 1.82) is 0 Å². The molecule has 0 aromatic carbocycles. The molecule has 0 bridgehead atoms. The molecule has 0 amide bonds. The van der Waals surface area contributed by atoms with Gasteiger partial charge >= 0.3 is 58.8 Å². The molecule has 10 heavy (non-hydrogen) atoms. The Morgan fingerprint density at radius 3 is 0.600 bits per heavy atom. The van der Waals surface area contributed by atoms with Crippen molar-refractivity contribution in [3.05, 3.63) is 0 Å². The molecule has 0 aromatic heterocycles. The minimum atomic E-state index is -5.12. The quantitative estimate of drug-likeness (QED) is 0.335. The van der Waals surface area contributed by atoms with Crippen molar-refractivity contribution in [3.63, 3.8) is 0 Å². The molecule has 0 saturated heterocycles. The predicted molar refractivity (Wildman–Crippen MR) is 11.6 cm³/mol. The van der Waals surface area contributed by atoms with Crippen LogP contribution in [0.4, 0.5) is 0 Å². The Kier molecular flexibility index (Phi) is 5.17. The molecule has 0 heterocycles.